The lowest BCUT2D eigenvalue weighted by atomic mass is 9.94. The molecule has 4 heteroatoms. The molecule has 2 fully saturated rings. The first-order valence-corrected chi connectivity index (χ1v) is 8.55. The molecular weight excluding hydrogens is 276 g/mol. The number of hydrogen-bond acceptors (Lipinski definition) is 4. The van der Waals surface area contributed by atoms with E-state index in [-0.39, 0.29) is 0 Å². The molecule has 4 atom stereocenters. The average Bonchev–Trinajstić information content (AvgIpc) is 3.02. The number of benzene rings is 1. The second-order valence-corrected chi connectivity index (χ2v) is 6.64. The maximum atomic E-state index is 9.56. The highest BCUT2D eigenvalue weighted by Gasteiger charge is 2.34. The SMILES string of the molecule is CC(O)c1ccc(CNC2CCCC2C2COCCN2)cc1. The molecule has 122 valence electrons. The Labute approximate surface area is 133 Å². The predicted octanol–water partition coefficient (Wildman–Crippen LogP) is 1.99. The Hall–Kier alpha value is -0.940. The summed E-state index contributed by atoms with van der Waals surface area (Å²) in [5.74, 6) is 0.678. The van der Waals surface area contributed by atoms with Crippen molar-refractivity contribution in [1.29, 1.82) is 0 Å². The number of hydrogen-bond donors (Lipinski definition) is 3. The Morgan fingerprint density at radius 3 is 2.82 bits per heavy atom. The molecule has 1 aliphatic carbocycles. The van der Waals surface area contributed by atoms with E-state index >= 15 is 0 Å². The topological polar surface area (TPSA) is 53.5 Å². The molecule has 0 spiro atoms. The molecule has 4 nitrogen and oxygen atoms in total. The van der Waals surface area contributed by atoms with Gasteiger partial charge in [-0.15, -0.1) is 0 Å². The van der Waals surface area contributed by atoms with Gasteiger partial charge in [0, 0.05) is 25.2 Å². The van der Waals surface area contributed by atoms with E-state index in [1.165, 1.54) is 24.8 Å². The lowest BCUT2D eigenvalue weighted by molar-refractivity contribution is 0.0524. The van der Waals surface area contributed by atoms with Gasteiger partial charge >= 0.3 is 0 Å². The number of aliphatic hydroxyl groups is 1. The van der Waals surface area contributed by atoms with E-state index in [9.17, 15) is 5.11 Å². The van der Waals surface area contributed by atoms with Crippen LogP contribution < -0.4 is 10.6 Å². The van der Waals surface area contributed by atoms with Crippen molar-refractivity contribution in [2.24, 2.45) is 5.92 Å². The maximum Gasteiger partial charge on any atom is 0.0761 e. The fourth-order valence-corrected chi connectivity index (χ4v) is 3.75. The van der Waals surface area contributed by atoms with Gasteiger partial charge in [-0.3, -0.25) is 0 Å². The molecule has 4 unspecified atom stereocenters. The van der Waals surface area contributed by atoms with Crippen LogP contribution in [0.1, 0.15) is 43.4 Å². The van der Waals surface area contributed by atoms with Crippen LogP contribution in [0.5, 0.6) is 0 Å². The van der Waals surface area contributed by atoms with Crippen molar-refractivity contribution < 1.29 is 9.84 Å². The molecule has 0 radical (unpaired) electrons. The summed E-state index contributed by atoms with van der Waals surface area (Å²) in [4.78, 5) is 0. The fourth-order valence-electron chi connectivity index (χ4n) is 3.75. The Morgan fingerprint density at radius 2 is 2.14 bits per heavy atom. The number of ether oxygens (including phenoxy) is 1. The third-order valence-electron chi connectivity index (χ3n) is 5.07. The van der Waals surface area contributed by atoms with Crippen LogP contribution in [-0.4, -0.2) is 36.9 Å². The Kier molecular flexibility index (Phi) is 5.47. The molecule has 3 N–H and O–H groups in total. The van der Waals surface area contributed by atoms with Crippen LogP contribution in [0.25, 0.3) is 0 Å². The third kappa shape index (κ3) is 3.87. The van der Waals surface area contributed by atoms with Crippen molar-refractivity contribution in [3.8, 4) is 0 Å². The zero-order chi connectivity index (χ0) is 15.4. The van der Waals surface area contributed by atoms with Gasteiger partial charge in [-0.05, 0) is 36.8 Å². The predicted molar refractivity (Wildman–Crippen MR) is 87.7 cm³/mol. The van der Waals surface area contributed by atoms with Gasteiger partial charge in [-0.25, -0.2) is 0 Å². The summed E-state index contributed by atoms with van der Waals surface area (Å²) in [5.41, 5.74) is 2.26. The molecule has 2 aliphatic rings. The normalized spacial score (nSPS) is 30.4. The van der Waals surface area contributed by atoms with Gasteiger partial charge in [0.1, 0.15) is 0 Å². The molecule has 0 aromatic heterocycles. The van der Waals surface area contributed by atoms with Crippen LogP contribution in [0.2, 0.25) is 0 Å². The summed E-state index contributed by atoms with van der Waals surface area (Å²) in [7, 11) is 0. The molecule has 1 saturated carbocycles. The number of morpholine rings is 1. The second-order valence-electron chi connectivity index (χ2n) is 6.64. The van der Waals surface area contributed by atoms with E-state index in [1.807, 2.05) is 12.1 Å². The maximum absolute atomic E-state index is 9.56. The average molecular weight is 304 g/mol. The largest absolute Gasteiger partial charge is 0.389 e. The number of nitrogens with one attached hydrogen (secondary N) is 2. The van der Waals surface area contributed by atoms with Gasteiger partial charge in [-0.1, -0.05) is 30.7 Å². The van der Waals surface area contributed by atoms with Crippen LogP contribution in [0.3, 0.4) is 0 Å². The highest BCUT2D eigenvalue weighted by Crippen LogP contribution is 2.29. The van der Waals surface area contributed by atoms with Crippen molar-refractivity contribution in [3.05, 3.63) is 35.4 Å². The molecule has 1 saturated heterocycles. The van der Waals surface area contributed by atoms with Gasteiger partial charge in [0.15, 0.2) is 0 Å². The van der Waals surface area contributed by atoms with E-state index in [0.29, 0.717) is 18.0 Å². The summed E-state index contributed by atoms with van der Waals surface area (Å²) in [6.45, 7) is 5.38. The zero-order valence-electron chi connectivity index (χ0n) is 13.4. The summed E-state index contributed by atoms with van der Waals surface area (Å²) >= 11 is 0. The van der Waals surface area contributed by atoms with Crippen LogP contribution in [0.4, 0.5) is 0 Å². The van der Waals surface area contributed by atoms with Gasteiger partial charge in [0.2, 0.25) is 0 Å². The minimum absolute atomic E-state index is 0.390. The minimum atomic E-state index is -0.390. The summed E-state index contributed by atoms with van der Waals surface area (Å²) in [6.07, 6.45) is 3.47. The van der Waals surface area contributed by atoms with Crippen molar-refractivity contribution in [1.82, 2.24) is 10.6 Å². The summed E-state index contributed by atoms with van der Waals surface area (Å²) in [5, 5.41) is 16.9. The second kappa shape index (κ2) is 7.55. The minimum Gasteiger partial charge on any atom is -0.389 e. The standard InChI is InChI=1S/C18H28N2O2/c1-13(21)15-7-5-14(6-8-15)11-20-17-4-2-3-16(17)18-12-22-10-9-19-18/h5-8,13,16-21H,2-4,9-12H2,1H3. The van der Waals surface area contributed by atoms with E-state index in [1.54, 1.807) is 6.92 Å². The highest BCUT2D eigenvalue weighted by atomic mass is 16.5. The van der Waals surface area contributed by atoms with E-state index < -0.39 is 6.10 Å². The summed E-state index contributed by atoms with van der Waals surface area (Å²) in [6, 6.07) is 9.35. The Bertz CT molecular complexity index is 455. The molecule has 1 aliphatic heterocycles. The Balaban J connectivity index is 1.53. The van der Waals surface area contributed by atoms with E-state index in [2.05, 4.69) is 22.8 Å². The van der Waals surface area contributed by atoms with E-state index in [0.717, 1.165) is 31.9 Å². The van der Waals surface area contributed by atoms with Gasteiger partial charge in [0.05, 0.1) is 19.3 Å². The van der Waals surface area contributed by atoms with Crippen molar-refractivity contribution in [2.75, 3.05) is 19.8 Å². The molecule has 22 heavy (non-hydrogen) atoms. The van der Waals surface area contributed by atoms with Gasteiger partial charge < -0.3 is 20.5 Å². The number of rotatable bonds is 5. The molecule has 1 aromatic rings. The van der Waals surface area contributed by atoms with Gasteiger partial charge in [-0.2, -0.15) is 0 Å². The van der Waals surface area contributed by atoms with Crippen LogP contribution in [0.15, 0.2) is 24.3 Å². The zero-order valence-corrected chi connectivity index (χ0v) is 13.4. The quantitative estimate of drug-likeness (QED) is 0.779. The molecular formula is C18H28N2O2. The lowest BCUT2D eigenvalue weighted by Gasteiger charge is -2.33. The lowest BCUT2D eigenvalue weighted by Crippen LogP contribution is -2.50. The number of aliphatic hydroxyl groups excluding tert-OH is 1. The van der Waals surface area contributed by atoms with Crippen LogP contribution >= 0.6 is 0 Å². The highest BCUT2D eigenvalue weighted by molar-refractivity contribution is 5.23. The molecule has 3 rings (SSSR count). The molecule has 0 amide bonds. The van der Waals surface area contributed by atoms with Crippen LogP contribution in [0, 0.1) is 5.92 Å². The third-order valence-corrected chi connectivity index (χ3v) is 5.07. The first kappa shape index (κ1) is 15.9. The first-order chi connectivity index (χ1) is 10.7. The molecule has 1 aromatic carbocycles. The Morgan fingerprint density at radius 1 is 1.32 bits per heavy atom. The van der Waals surface area contributed by atoms with Crippen molar-refractivity contribution in [2.45, 2.75) is 50.9 Å². The smallest absolute Gasteiger partial charge is 0.0761 e. The first-order valence-electron chi connectivity index (χ1n) is 8.55. The molecule has 1 heterocycles. The molecule has 0 bridgehead atoms. The fraction of sp³-hybridized carbons (Fsp3) is 0.667. The monoisotopic (exact) mass is 304 g/mol. The van der Waals surface area contributed by atoms with Crippen LogP contribution in [-0.2, 0) is 11.3 Å². The van der Waals surface area contributed by atoms with Crippen molar-refractivity contribution >= 4 is 0 Å². The van der Waals surface area contributed by atoms with Gasteiger partial charge in [0.25, 0.3) is 0 Å². The summed E-state index contributed by atoms with van der Waals surface area (Å²) < 4.78 is 5.63. The van der Waals surface area contributed by atoms with Crippen molar-refractivity contribution in [3.63, 3.8) is 0 Å². The van der Waals surface area contributed by atoms with E-state index in [4.69, 9.17) is 4.74 Å².